The molecule has 0 bridgehead atoms. The summed E-state index contributed by atoms with van der Waals surface area (Å²) in [4.78, 5) is 41.4. The second-order valence-corrected chi connectivity index (χ2v) is 8.43. The van der Waals surface area contributed by atoms with Crippen molar-refractivity contribution in [3.63, 3.8) is 0 Å². The number of nitrogens with zero attached hydrogens (tertiary/aromatic N) is 2. The van der Waals surface area contributed by atoms with Crippen molar-refractivity contribution >= 4 is 17.8 Å². The van der Waals surface area contributed by atoms with Gasteiger partial charge in [0.05, 0.1) is 24.5 Å². The Kier molecular flexibility index (Phi) is 7.51. The van der Waals surface area contributed by atoms with Crippen LogP contribution in [0.3, 0.4) is 0 Å². The third-order valence-electron chi connectivity index (χ3n) is 6.46. The standard InChI is InChI=1S/C24H34N2O4/c1-4-18-8-10-19(11-9-18)22-13-12-20(16-26(22)17(3)27)23(28)25-14-6-7-21(15-25)24(29)30-5-2/h8-11,20-22H,4-7,12-16H2,1-3H3. The lowest BCUT2D eigenvalue weighted by Crippen LogP contribution is -2.50. The van der Waals surface area contributed by atoms with Crippen LogP contribution in [0.1, 0.15) is 63.6 Å². The molecule has 6 nitrogen and oxygen atoms in total. The fourth-order valence-electron chi connectivity index (χ4n) is 4.73. The maximum absolute atomic E-state index is 13.2. The fourth-order valence-corrected chi connectivity index (χ4v) is 4.73. The van der Waals surface area contributed by atoms with Crippen LogP contribution in [0.15, 0.2) is 24.3 Å². The lowest BCUT2D eigenvalue weighted by Gasteiger charge is -2.41. The highest BCUT2D eigenvalue weighted by atomic mass is 16.5. The van der Waals surface area contributed by atoms with Gasteiger partial charge in [0.25, 0.3) is 0 Å². The molecule has 0 saturated carbocycles. The fraction of sp³-hybridized carbons (Fsp3) is 0.625. The monoisotopic (exact) mass is 414 g/mol. The molecule has 0 radical (unpaired) electrons. The number of piperidine rings is 2. The summed E-state index contributed by atoms with van der Waals surface area (Å²) < 4.78 is 5.15. The van der Waals surface area contributed by atoms with Crippen molar-refractivity contribution in [1.29, 1.82) is 0 Å². The first-order chi connectivity index (χ1) is 14.4. The smallest absolute Gasteiger partial charge is 0.310 e. The molecule has 3 rings (SSSR count). The van der Waals surface area contributed by atoms with Crippen molar-refractivity contribution in [2.24, 2.45) is 11.8 Å². The summed E-state index contributed by atoms with van der Waals surface area (Å²) >= 11 is 0. The first kappa shape index (κ1) is 22.3. The Morgan fingerprint density at radius 3 is 2.37 bits per heavy atom. The van der Waals surface area contributed by atoms with E-state index in [4.69, 9.17) is 4.74 Å². The molecule has 2 amide bonds. The summed E-state index contributed by atoms with van der Waals surface area (Å²) in [6, 6.07) is 8.47. The molecular weight excluding hydrogens is 380 g/mol. The molecule has 3 atom stereocenters. The van der Waals surface area contributed by atoms with E-state index in [2.05, 4.69) is 31.2 Å². The molecule has 2 aliphatic heterocycles. The summed E-state index contributed by atoms with van der Waals surface area (Å²) in [7, 11) is 0. The van der Waals surface area contributed by atoms with Gasteiger partial charge in [0.2, 0.25) is 11.8 Å². The molecule has 164 valence electrons. The van der Waals surface area contributed by atoms with E-state index in [-0.39, 0.29) is 35.7 Å². The van der Waals surface area contributed by atoms with Gasteiger partial charge in [0.15, 0.2) is 0 Å². The topological polar surface area (TPSA) is 66.9 Å². The second kappa shape index (κ2) is 10.1. The minimum atomic E-state index is -0.236. The van der Waals surface area contributed by atoms with Crippen LogP contribution in [0.5, 0.6) is 0 Å². The zero-order valence-corrected chi connectivity index (χ0v) is 18.4. The van der Waals surface area contributed by atoms with Gasteiger partial charge in [0.1, 0.15) is 0 Å². The largest absolute Gasteiger partial charge is 0.466 e. The highest BCUT2D eigenvalue weighted by Crippen LogP contribution is 2.35. The molecule has 2 fully saturated rings. The summed E-state index contributed by atoms with van der Waals surface area (Å²) in [6.07, 6.45) is 4.09. The molecule has 0 N–H and O–H groups in total. The van der Waals surface area contributed by atoms with E-state index in [1.807, 2.05) is 9.80 Å². The minimum absolute atomic E-state index is 0.000104. The summed E-state index contributed by atoms with van der Waals surface area (Å²) in [6.45, 7) is 7.41. The van der Waals surface area contributed by atoms with E-state index in [9.17, 15) is 14.4 Å². The predicted molar refractivity (Wildman–Crippen MR) is 115 cm³/mol. The third-order valence-corrected chi connectivity index (χ3v) is 6.46. The summed E-state index contributed by atoms with van der Waals surface area (Å²) in [5.74, 6) is -0.587. The van der Waals surface area contributed by atoms with Gasteiger partial charge in [-0.2, -0.15) is 0 Å². The number of rotatable bonds is 5. The number of aryl methyl sites for hydroxylation is 1. The van der Waals surface area contributed by atoms with Crippen molar-refractivity contribution in [2.45, 2.75) is 58.9 Å². The van der Waals surface area contributed by atoms with E-state index in [1.165, 1.54) is 5.56 Å². The van der Waals surface area contributed by atoms with Crippen molar-refractivity contribution in [2.75, 3.05) is 26.2 Å². The summed E-state index contributed by atoms with van der Waals surface area (Å²) in [5.41, 5.74) is 2.41. The predicted octanol–water partition coefficient (Wildman–Crippen LogP) is 3.35. The molecule has 0 aromatic heterocycles. The molecule has 1 aromatic carbocycles. The van der Waals surface area contributed by atoms with Crippen molar-refractivity contribution < 1.29 is 19.1 Å². The molecule has 3 unspecified atom stereocenters. The quantitative estimate of drug-likeness (QED) is 0.693. The van der Waals surface area contributed by atoms with Crippen LogP contribution in [-0.4, -0.2) is 53.8 Å². The Labute approximate surface area is 179 Å². The molecule has 0 aliphatic carbocycles. The second-order valence-electron chi connectivity index (χ2n) is 8.43. The highest BCUT2D eigenvalue weighted by molar-refractivity contribution is 5.82. The van der Waals surface area contributed by atoms with Crippen LogP contribution in [0.4, 0.5) is 0 Å². The molecule has 0 spiro atoms. The number of hydrogen-bond acceptors (Lipinski definition) is 4. The molecule has 6 heteroatoms. The van der Waals surface area contributed by atoms with Crippen LogP contribution < -0.4 is 0 Å². The number of ether oxygens (including phenoxy) is 1. The number of benzene rings is 1. The number of carbonyl (C=O) groups excluding carboxylic acids is 3. The maximum atomic E-state index is 13.2. The Bertz CT molecular complexity index is 761. The lowest BCUT2D eigenvalue weighted by atomic mass is 9.87. The Balaban J connectivity index is 1.67. The van der Waals surface area contributed by atoms with Crippen molar-refractivity contribution in [1.82, 2.24) is 9.80 Å². The van der Waals surface area contributed by atoms with Crippen molar-refractivity contribution in [3.8, 4) is 0 Å². The zero-order valence-electron chi connectivity index (χ0n) is 18.4. The number of hydrogen-bond donors (Lipinski definition) is 0. The van der Waals surface area contributed by atoms with Crippen LogP contribution in [0.2, 0.25) is 0 Å². The molecule has 30 heavy (non-hydrogen) atoms. The average molecular weight is 415 g/mol. The average Bonchev–Trinajstić information content (AvgIpc) is 2.78. The van der Waals surface area contributed by atoms with Crippen LogP contribution >= 0.6 is 0 Å². The normalized spacial score (nSPS) is 24.4. The molecular formula is C24H34N2O4. The third kappa shape index (κ3) is 5.02. The van der Waals surface area contributed by atoms with Gasteiger partial charge in [-0.05, 0) is 50.2 Å². The number of esters is 1. The lowest BCUT2D eigenvalue weighted by molar-refractivity contribution is -0.152. The van der Waals surface area contributed by atoms with Gasteiger partial charge in [-0.15, -0.1) is 0 Å². The van der Waals surface area contributed by atoms with E-state index in [0.29, 0.717) is 26.2 Å². The Hall–Kier alpha value is -2.37. The van der Waals surface area contributed by atoms with Gasteiger partial charge < -0.3 is 14.5 Å². The Morgan fingerprint density at radius 2 is 1.73 bits per heavy atom. The highest BCUT2D eigenvalue weighted by Gasteiger charge is 2.38. The first-order valence-corrected chi connectivity index (χ1v) is 11.3. The van der Waals surface area contributed by atoms with E-state index >= 15 is 0 Å². The zero-order chi connectivity index (χ0) is 21.7. The van der Waals surface area contributed by atoms with Gasteiger partial charge in [-0.25, -0.2) is 0 Å². The van der Waals surface area contributed by atoms with Gasteiger partial charge in [0, 0.05) is 26.6 Å². The summed E-state index contributed by atoms with van der Waals surface area (Å²) in [5, 5.41) is 0. The SMILES string of the molecule is CCOC(=O)C1CCCN(C(=O)C2CCC(c3ccc(CC)cc3)N(C(C)=O)C2)C1. The van der Waals surface area contributed by atoms with Gasteiger partial charge >= 0.3 is 5.97 Å². The van der Waals surface area contributed by atoms with Crippen LogP contribution in [-0.2, 0) is 25.5 Å². The van der Waals surface area contributed by atoms with E-state index in [1.54, 1.807) is 13.8 Å². The number of likely N-dealkylation sites (tertiary alicyclic amines) is 2. The van der Waals surface area contributed by atoms with E-state index in [0.717, 1.165) is 37.7 Å². The van der Waals surface area contributed by atoms with Crippen LogP contribution in [0, 0.1) is 11.8 Å². The molecule has 2 aliphatic rings. The minimum Gasteiger partial charge on any atom is -0.466 e. The van der Waals surface area contributed by atoms with Crippen molar-refractivity contribution in [3.05, 3.63) is 35.4 Å². The first-order valence-electron chi connectivity index (χ1n) is 11.3. The number of carbonyl (C=O) groups is 3. The molecule has 2 saturated heterocycles. The van der Waals surface area contributed by atoms with Crippen LogP contribution in [0.25, 0.3) is 0 Å². The Morgan fingerprint density at radius 1 is 1.00 bits per heavy atom. The maximum Gasteiger partial charge on any atom is 0.310 e. The molecule has 2 heterocycles. The molecule has 1 aromatic rings. The van der Waals surface area contributed by atoms with Gasteiger partial charge in [-0.1, -0.05) is 31.2 Å². The van der Waals surface area contributed by atoms with E-state index < -0.39 is 0 Å². The number of amides is 2. The van der Waals surface area contributed by atoms with Gasteiger partial charge in [-0.3, -0.25) is 14.4 Å².